The van der Waals surface area contributed by atoms with E-state index < -0.39 is 0 Å². The molecule has 5 rings (SSSR count). The molecule has 0 saturated carbocycles. The maximum Gasteiger partial charge on any atom is 0.143 e. The first-order chi connectivity index (χ1) is 14.7. The Kier molecular flexibility index (Phi) is 4.77. The van der Waals surface area contributed by atoms with Crippen molar-refractivity contribution in [3.05, 3.63) is 72.0 Å². The largest absolute Gasteiger partial charge is 0.494 e. The summed E-state index contributed by atoms with van der Waals surface area (Å²) in [5.41, 5.74) is 4.11. The molecule has 0 fully saturated rings. The van der Waals surface area contributed by atoms with Crippen molar-refractivity contribution >= 4 is 44.0 Å². The number of aromatic nitrogens is 3. The number of fused-ring (bicyclic) bond motifs is 2. The van der Waals surface area contributed by atoms with Gasteiger partial charge in [-0.1, -0.05) is 30.3 Å². The van der Waals surface area contributed by atoms with Gasteiger partial charge in [-0.2, -0.15) is 0 Å². The zero-order chi connectivity index (χ0) is 20.5. The molecular weight excluding hydrogens is 392 g/mol. The fourth-order valence-corrected chi connectivity index (χ4v) is 4.72. The van der Waals surface area contributed by atoms with E-state index in [4.69, 9.17) is 4.74 Å². The molecule has 3 aromatic heterocycles. The van der Waals surface area contributed by atoms with Gasteiger partial charge in [-0.25, -0.2) is 9.97 Å². The van der Waals surface area contributed by atoms with Gasteiger partial charge in [0, 0.05) is 22.0 Å². The molecule has 5 nitrogen and oxygen atoms in total. The molecule has 0 bridgehead atoms. The summed E-state index contributed by atoms with van der Waals surface area (Å²) in [6.45, 7) is 4.77. The molecule has 0 unspecified atom stereocenters. The maximum absolute atomic E-state index is 5.60. The van der Waals surface area contributed by atoms with Crippen molar-refractivity contribution in [2.75, 3.05) is 11.9 Å². The number of hydrogen-bond donors (Lipinski definition) is 1. The number of nitrogens with one attached hydrogen (secondary N) is 1. The summed E-state index contributed by atoms with van der Waals surface area (Å²) in [4.78, 5) is 15.8. The number of thiophene rings is 1. The topological polar surface area (TPSA) is 59.9 Å². The Morgan fingerprint density at radius 1 is 0.967 bits per heavy atom. The van der Waals surface area contributed by atoms with Crippen molar-refractivity contribution < 1.29 is 4.74 Å². The van der Waals surface area contributed by atoms with E-state index in [2.05, 4.69) is 51.5 Å². The highest BCUT2D eigenvalue weighted by Crippen LogP contribution is 2.41. The van der Waals surface area contributed by atoms with Crippen LogP contribution in [0.2, 0.25) is 0 Å². The van der Waals surface area contributed by atoms with Gasteiger partial charge in [0.05, 0.1) is 23.2 Å². The van der Waals surface area contributed by atoms with E-state index in [1.54, 1.807) is 17.7 Å². The van der Waals surface area contributed by atoms with Gasteiger partial charge >= 0.3 is 0 Å². The second-order valence-electron chi connectivity index (χ2n) is 6.90. The molecule has 3 heterocycles. The highest BCUT2D eigenvalue weighted by atomic mass is 32.1. The summed E-state index contributed by atoms with van der Waals surface area (Å²) in [7, 11) is 0. The second-order valence-corrected chi connectivity index (χ2v) is 8.10. The van der Waals surface area contributed by atoms with E-state index in [9.17, 15) is 0 Å². The van der Waals surface area contributed by atoms with E-state index in [0.717, 1.165) is 49.5 Å². The van der Waals surface area contributed by atoms with E-state index >= 15 is 0 Å². The molecule has 0 aliphatic heterocycles. The van der Waals surface area contributed by atoms with E-state index in [-0.39, 0.29) is 0 Å². The van der Waals surface area contributed by atoms with Crippen molar-refractivity contribution in [3.8, 4) is 16.9 Å². The number of para-hydroxylation sites is 1. The van der Waals surface area contributed by atoms with Gasteiger partial charge in [0.25, 0.3) is 0 Å². The van der Waals surface area contributed by atoms with Gasteiger partial charge in [-0.15, -0.1) is 11.3 Å². The zero-order valence-corrected chi connectivity index (χ0v) is 17.5. The highest BCUT2D eigenvalue weighted by Gasteiger charge is 2.17. The lowest BCUT2D eigenvalue weighted by Crippen LogP contribution is -1.97. The van der Waals surface area contributed by atoms with Crippen molar-refractivity contribution in [1.82, 2.24) is 15.0 Å². The molecule has 30 heavy (non-hydrogen) atoms. The van der Waals surface area contributed by atoms with Crippen LogP contribution in [0.15, 0.2) is 67.1 Å². The van der Waals surface area contributed by atoms with Crippen molar-refractivity contribution in [3.63, 3.8) is 0 Å². The third-order valence-corrected chi connectivity index (χ3v) is 6.02. The lowest BCUT2D eigenvalue weighted by molar-refractivity contribution is 0.340. The molecule has 0 amide bonds. The average molecular weight is 413 g/mol. The Morgan fingerprint density at radius 3 is 2.63 bits per heavy atom. The van der Waals surface area contributed by atoms with Gasteiger partial charge in [0.15, 0.2) is 0 Å². The standard InChI is InChI=1S/C24H20N4OS/c1-3-29-18-11-9-16(10-12-18)20-15(2)30-24-21(20)23(26-14-27-24)28-19-8-4-6-17-7-5-13-25-22(17)19/h4-14H,3H2,1-2H3,(H,26,27,28). The van der Waals surface area contributed by atoms with Crippen LogP contribution in [0.25, 0.3) is 32.2 Å². The molecule has 1 N–H and O–H groups in total. The summed E-state index contributed by atoms with van der Waals surface area (Å²) in [5.74, 6) is 1.65. The van der Waals surface area contributed by atoms with Crippen LogP contribution in [-0.2, 0) is 0 Å². The molecule has 0 atom stereocenters. The minimum Gasteiger partial charge on any atom is -0.494 e. The number of ether oxygens (including phenoxy) is 1. The van der Waals surface area contributed by atoms with Crippen LogP contribution in [0.1, 0.15) is 11.8 Å². The van der Waals surface area contributed by atoms with E-state index in [1.807, 2.05) is 43.5 Å². The first-order valence-electron chi connectivity index (χ1n) is 9.82. The Hall–Kier alpha value is -3.51. The smallest absolute Gasteiger partial charge is 0.143 e. The van der Waals surface area contributed by atoms with Crippen molar-refractivity contribution in [2.24, 2.45) is 0 Å². The Bertz CT molecular complexity index is 1340. The summed E-state index contributed by atoms with van der Waals surface area (Å²) >= 11 is 1.68. The number of anilines is 2. The lowest BCUT2D eigenvalue weighted by atomic mass is 10.0. The van der Waals surface area contributed by atoms with E-state index in [0.29, 0.717) is 6.61 Å². The normalized spacial score (nSPS) is 11.1. The minimum absolute atomic E-state index is 0.654. The molecule has 0 radical (unpaired) electrons. The number of pyridine rings is 1. The third kappa shape index (κ3) is 3.25. The highest BCUT2D eigenvalue weighted by molar-refractivity contribution is 7.19. The van der Waals surface area contributed by atoms with Gasteiger partial charge in [0.1, 0.15) is 22.7 Å². The molecule has 0 saturated heterocycles. The van der Waals surface area contributed by atoms with Crippen LogP contribution in [0.3, 0.4) is 0 Å². The molecular formula is C24H20N4OS. The predicted octanol–water partition coefficient (Wildman–Crippen LogP) is 6.36. The molecule has 148 valence electrons. The summed E-state index contributed by atoms with van der Waals surface area (Å²) in [5, 5.41) is 5.62. The monoisotopic (exact) mass is 412 g/mol. The predicted molar refractivity (Wildman–Crippen MR) is 124 cm³/mol. The minimum atomic E-state index is 0.654. The van der Waals surface area contributed by atoms with Gasteiger partial charge in [-0.3, -0.25) is 4.98 Å². The average Bonchev–Trinajstić information content (AvgIpc) is 3.12. The van der Waals surface area contributed by atoms with Crippen molar-refractivity contribution in [2.45, 2.75) is 13.8 Å². The SMILES string of the molecule is CCOc1ccc(-c2c(C)sc3ncnc(Nc4cccc5cccnc45)c23)cc1. The number of aryl methyl sites for hydroxylation is 1. The zero-order valence-electron chi connectivity index (χ0n) is 16.7. The Labute approximate surface area is 178 Å². The quantitative estimate of drug-likeness (QED) is 0.364. The van der Waals surface area contributed by atoms with Crippen LogP contribution < -0.4 is 10.1 Å². The maximum atomic E-state index is 5.60. The second kappa shape index (κ2) is 7.72. The van der Waals surface area contributed by atoms with Gasteiger partial charge in [0.2, 0.25) is 0 Å². The summed E-state index contributed by atoms with van der Waals surface area (Å²) in [6.07, 6.45) is 3.42. The summed E-state index contributed by atoms with van der Waals surface area (Å²) < 4.78 is 5.60. The number of benzene rings is 2. The summed E-state index contributed by atoms with van der Waals surface area (Å²) in [6, 6.07) is 18.3. The van der Waals surface area contributed by atoms with Crippen LogP contribution >= 0.6 is 11.3 Å². The lowest BCUT2D eigenvalue weighted by Gasteiger charge is -2.11. The first-order valence-corrected chi connectivity index (χ1v) is 10.6. The molecule has 2 aromatic carbocycles. The van der Waals surface area contributed by atoms with Gasteiger partial charge < -0.3 is 10.1 Å². The molecule has 6 heteroatoms. The molecule has 0 aliphatic carbocycles. The molecule has 0 spiro atoms. The fourth-order valence-electron chi connectivity index (χ4n) is 3.70. The van der Waals surface area contributed by atoms with Crippen LogP contribution in [-0.4, -0.2) is 21.6 Å². The molecule has 5 aromatic rings. The van der Waals surface area contributed by atoms with Gasteiger partial charge in [-0.05, 0) is 43.7 Å². The number of hydrogen-bond acceptors (Lipinski definition) is 6. The number of nitrogens with zero attached hydrogens (tertiary/aromatic N) is 3. The van der Waals surface area contributed by atoms with Crippen LogP contribution in [0, 0.1) is 6.92 Å². The van der Waals surface area contributed by atoms with E-state index in [1.165, 1.54) is 4.88 Å². The van der Waals surface area contributed by atoms with Crippen LogP contribution in [0.4, 0.5) is 11.5 Å². The van der Waals surface area contributed by atoms with Crippen LogP contribution in [0.5, 0.6) is 5.75 Å². The number of rotatable bonds is 5. The van der Waals surface area contributed by atoms with Crippen molar-refractivity contribution in [1.29, 1.82) is 0 Å². The fraction of sp³-hybridized carbons (Fsp3) is 0.125. The Balaban J connectivity index is 1.64. The molecule has 0 aliphatic rings. The third-order valence-electron chi connectivity index (χ3n) is 5.00. The first kappa shape index (κ1) is 18.5. The Morgan fingerprint density at radius 2 is 1.80 bits per heavy atom.